The zero-order valence-corrected chi connectivity index (χ0v) is 7.42. The molecule has 0 aliphatic heterocycles. The lowest BCUT2D eigenvalue weighted by atomic mass is 9.88. The largest absolute Gasteiger partial charge is 0.330 e. The van der Waals surface area contributed by atoms with Gasteiger partial charge in [-0.3, -0.25) is 0 Å². The van der Waals surface area contributed by atoms with Crippen molar-refractivity contribution < 1.29 is 0 Å². The highest BCUT2D eigenvalue weighted by atomic mass is 16.3. The van der Waals surface area contributed by atoms with Crippen LogP contribution in [0.5, 0.6) is 0 Å². The first-order valence-corrected chi connectivity index (χ1v) is 4.29. The molecule has 0 radical (unpaired) electrons. The molecule has 0 spiro atoms. The molecule has 0 aliphatic rings. The molecule has 0 aromatic carbocycles. The van der Waals surface area contributed by atoms with Crippen molar-refractivity contribution in [1.29, 1.82) is 0 Å². The topological polar surface area (TPSA) is 55.4 Å². The van der Waals surface area contributed by atoms with E-state index in [1.54, 1.807) is 0 Å². The number of nitrogens with zero attached hydrogens (tertiary/aromatic N) is 1. The third-order valence-corrected chi connectivity index (χ3v) is 2.33. The summed E-state index contributed by atoms with van der Waals surface area (Å²) in [6.45, 7) is 5.27. The van der Waals surface area contributed by atoms with Crippen molar-refractivity contribution >= 4 is 0 Å². The molecule has 0 aromatic heterocycles. The molecular formula is C8H18N2O. The van der Waals surface area contributed by atoms with E-state index >= 15 is 0 Å². The minimum absolute atomic E-state index is 0.391. The van der Waals surface area contributed by atoms with Gasteiger partial charge in [-0.1, -0.05) is 31.9 Å². The molecule has 0 amide bonds. The molecule has 0 saturated heterocycles. The molecule has 0 aliphatic carbocycles. The molecule has 11 heavy (non-hydrogen) atoms. The number of hydrogen-bond acceptors (Lipinski definition) is 3. The van der Waals surface area contributed by atoms with Crippen LogP contribution in [0.1, 0.15) is 26.7 Å². The van der Waals surface area contributed by atoms with Crippen LogP contribution < -0.4 is 5.73 Å². The van der Waals surface area contributed by atoms with E-state index in [4.69, 9.17) is 5.73 Å². The molecule has 3 heteroatoms. The number of hydrogen-bond donors (Lipinski definition) is 1. The van der Waals surface area contributed by atoms with Crippen LogP contribution in [-0.2, 0) is 0 Å². The molecule has 1 unspecified atom stereocenters. The second kappa shape index (κ2) is 6.28. The summed E-state index contributed by atoms with van der Waals surface area (Å²) in [6, 6.07) is 0. The van der Waals surface area contributed by atoms with Gasteiger partial charge in [0.05, 0.1) is 6.54 Å². The van der Waals surface area contributed by atoms with Gasteiger partial charge >= 0.3 is 0 Å². The van der Waals surface area contributed by atoms with Gasteiger partial charge in [-0.25, -0.2) is 0 Å². The molecule has 66 valence electrons. The summed E-state index contributed by atoms with van der Waals surface area (Å²) in [7, 11) is 0. The van der Waals surface area contributed by atoms with Crippen LogP contribution in [0.15, 0.2) is 5.18 Å². The second-order valence-electron chi connectivity index (χ2n) is 2.88. The number of nitroso groups, excluding NO2 is 1. The normalized spacial score (nSPS) is 15.9. The summed E-state index contributed by atoms with van der Waals surface area (Å²) in [4.78, 5) is 10.0. The SMILES string of the molecule is CCC(CN)[C@@H](CC)CN=O. The maximum atomic E-state index is 10.0. The third kappa shape index (κ3) is 3.46. The van der Waals surface area contributed by atoms with Crippen LogP contribution >= 0.6 is 0 Å². The zero-order chi connectivity index (χ0) is 8.69. The predicted molar refractivity (Wildman–Crippen MR) is 47.3 cm³/mol. The van der Waals surface area contributed by atoms with Crippen molar-refractivity contribution in [1.82, 2.24) is 0 Å². The van der Waals surface area contributed by atoms with E-state index in [9.17, 15) is 4.91 Å². The quantitative estimate of drug-likeness (QED) is 0.599. The molecule has 0 rings (SSSR count). The van der Waals surface area contributed by atoms with Crippen LogP contribution in [-0.4, -0.2) is 13.1 Å². The Bertz CT molecular complexity index is 102. The summed E-state index contributed by atoms with van der Waals surface area (Å²) in [5.74, 6) is 0.861. The fourth-order valence-corrected chi connectivity index (χ4v) is 1.40. The monoisotopic (exact) mass is 158 g/mol. The lowest BCUT2D eigenvalue weighted by Crippen LogP contribution is -2.24. The molecule has 0 saturated carbocycles. The van der Waals surface area contributed by atoms with Gasteiger partial charge in [0.2, 0.25) is 0 Å². The highest BCUT2D eigenvalue weighted by molar-refractivity contribution is 4.70. The van der Waals surface area contributed by atoms with Crippen molar-refractivity contribution in [3.63, 3.8) is 0 Å². The molecule has 2 atom stereocenters. The Balaban J connectivity index is 3.85. The Kier molecular flexibility index (Phi) is 6.03. The predicted octanol–water partition coefficient (Wildman–Crippen LogP) is 1.76. The van der Waals surface area contributed by atoms with Gasteiger partial charge < -0.3 is 5.73 Å². The average molecular weight is 158 g/mol. The van der Waals surface area contributed by atoms with Crippen molar-refractivity contribution in [2.75, 3.05) is 13.1 Å². The van der Waals surface area contributed by atoms with Crippen LogP contribution in [0.3, 0.4) is 0 Å². The first kappa shape index (κ1) is 10.6. The van der Waals surface area contributed by atoms with Gasteiger partial charge in [0.25, 0.3) is 0 Å². The summed E-state index contributed by atoms with van der Waals surface area (Å²) < 4.78 is 0. The zero-order valence-electron chi connectivity index (χ0n) is 7.42. The lowest BCUT2D eigenvalue weighted by Gasteiger charge is -2.20. The summed E-state index contributed by atoms with van der Waals surface area (Å²) >= 11 is 0. The standard InChI is InChI=1S/C8H18N2O/c1-3-7(5-9)8(4-2)6-10-11/h7-8H,3-6,9H2,1-2H3/t7?,8-/m0/s1. The summed E-state index contributed by atoms with van der Waals surface area (Å²) in [6.07, 6.45) is 2.05. The molecule has 0 heterocycles. The van der Waals surface area contributed by atoms with Crippen molar-refractivity contribution in [2.45, 2.75) is 26.7 Å². The van der Waals surface area contributed by atoms with E-state index in [0.717, 1.165) is 12.8 Å². The maximum Gasteiger partial charge on any atom is 0.0842 e. The van der Waals surface area contributed by atoms with E-state index in [1.165, 1.54) is 0 Å². The van der Waals surface area contributed by atoms with Crippen molar-refractivity contribution in [2.24, 2.45) is 22.7 Å². The van der Waals surface area contributed by atoms with E-state index in [-0.39, 0.29) is 0 Å². The number of rotatable bonds is 6. The molecular weight excluding hydrogens is 140 g/mol. The fraction of sp³-hybridized carbons (Fsp3) is 1.00. The molecule has 0 fully saturated rings. The van der Waals surface area contributed by atoms with Crippen molar-refractivity contribution in [3.05, 3.63) is 4.91 Å². The van der Waals surface area contributed by atoms with Gasteiger partial charge in [0.1, 0.15) is 0 Å². The van der Waals surface area contributed by atoms with Crippen LogP contribution in [0.4, 0.5) is 0 Å². The van der Waals surface area contributed by atoms with Crippen molar-refractivity contribution in [3.8, 4) is 0 Å². The molecule has 2 N–H and O–H groups in total. The molecule has 3 nitrogen and oxygen atoms in total. The molecule has 0 bridgehead atoms. The highest BCUT2D eigenvalue weighted by Crippen LogP contribution is 2.18. The summed E-state index contributed by atoms with van der Waals surface area (Å²) in [5, 5.41) is 2.92. The van der Waals surface area contributed by atoms with E-state index in [2.05, 4.69) is 19.0 Å². The summed E-state index contributed by atoms with van der Waals surface area (Å²) in [5.41, 5.74) is 5.55. The highest BCUT2D eigenvalue weighted by Gasteiger charge is 2.16. The Labute approximate surface area is 68.3 Å². The van der Waals surface area contributed by atoms with E-state index in [1.807, 2.05) is 0 Å². The van der Waals surface area contributed by atoms with E-state index < -0.39 is 0 Å². The van der Waals surface area contributed by atoms with Gasteiger partial charge in [0, 0.05) is 0 Å². The van der Waals surface area contributed by atoms with Gasteiger partial charge in [-0.2, -0.15) is 4.91 Å². The smallest absolute Gasteiger partial charge is 0.0842 e. The first-order valence-electron chi connectivity index (χ1n) is 4.29. The Morgan fingerprint density at radius 3 is 2.09 bits per heavy atom. The number of nitrogens with two attached hydrogens (primary N) is 1. The third-order valence-electron chi connectivity index (χ3n) is 2.33. The van der Waals surface area contributed by atoms with Crippen LogP contribution in [0.25, 0.3) is 0 Å². The van der Waals surface area contributed by atoms with Gasteiger partial charge in [-0.05, 0) is 18.4 Å². The Hall–Kier alpha value is -0.440. The second-order valence-corrected chi connectivity index (χ2v) is 2.88. The first-order chi connectivity index (χ1) is 5.29. The minimum atomic E-state index is 0.391. The molecule has 0 aromatic rings. The minimum Gasteiger partial charge on any atom is -0.330 e. The van der Waals surface area contributed by atoms with Crippen LogP contribution in [0.2, 0.25) is 0 Å². The van der Waals surface area contributed by atoms with E-state index in [0.29, 0.717) is 24.9 Å². The van der Waals surface area contributed by atoms with Gasteiger partial charge in [-0.15, -0.1) is 0 Å². The lowest BCUT2D eigenvalue weighted by molar-refractivity contribution is 0.328. The van der Waals surface area contributed by atoms with Crippen LogP contribution in [0, 0.1) is 16.7 Å². The average Bonchev–Trinajstić information content (AvgIpc) is 2.05. The van der Waals surface area contributed by atoms with Gasteiger partial charge in [0.15, 0.2) is 0 Å². The fourth-order valence-electron chi connectivity index (χ4n) is 1.40. The Morgan fingerprint density at radius 1 is 1.27 bits per heavy atom. The Morgan fingerprint density at radius 2 is 1.82 bits per heavy atom. The maximum absolute atomic E-state index is 10.0.